The Morgan fingerprint density at radius 3 is 2.76 bits per heavy atom. The number of fused-ring (bicyclic) bond motifs is 1. The Morgan fingerprint density at radius 1 is 1.28 bits per heavy atom. The van der Waals surface area contributed by atoms with Crippen LogP contribution in [0, 0.1) is 17.2 Å². The molecule has 29 heavy (non-hydrogen) atoms. The number of methoxy groups -OCH3 is 1. The molecule has 5 nitrogen and oxygen atoms in total. The molecule has 1 fully saturated rings. The molecule has 1 amide bonds. The molecular formula is C23H30FN3O2. The molecule has 156 valence electrons. The van der Waals surface area contributed by atoms with Crippen LogP contribution in [0.15, 0.2) is 30.5 Å². The molecule has 6 heteroatoms. The number of hydrogen-bond acceptors (Lipinski definition) is 3. The number of nitrogens with zero attached hydrogens (tertiary/aromatic N) is 2. The summed E-state index contributed by atoms with van der Waals surface area (Å²) in [6.07, 6.45) is 7.55. The first-order valence-electron chi connectivity index (χ1n) is 10.5. The maximum Gasteiger partial charge on any atom is 0.223 e. The monoisotopic (exact) mass is 399 g/mol. The van der Waals surface area contributed by atoms with Crippen LogP contribution in [-0.4, -0.2) is 28.9 Å². The fourth-order valence-corrected chi connectivity index (χ4v) is 4.86. The van der Waals surface area contributed by atoms with E-state index in [0.717, 1.165) is 55.5 Å². The summed E-state index contributed by atoms with van der Waals surface area (Å²) in [7, 11) is 1.73. The van der Waals surface area contributed by atoms with E-state index in [0.29, 0.717) is 0 Å². The predicted molar refractivity (Wildman–Crippen MR) is 109 cm³/mol. The molecular weight excluding hydrogens is 369 g/mol. The molecule has 0 saturated heterocycles. The highest BCUT2D eigenvalue weighted by atomic mass is 19.1. The number of ether oxygens (including phenoxy) is 1. The van der Waals surface area contributed by atoms with E-state index in [2.05, 4.69) is 24.3 Å². The van der Waals surface area contributed by atoms with E-state index in [9.17, 15) is 9.18 Å². The number of carbonyl (C=O) groups is 1. The Labute approximate surface area is 171 Å². The van der Waals surface area contributed by atoms with Crippen LogP contribution in [0.3, 0.4) is 0 Å². The van der Waals surface area contributed by atoms with Crippen LogP contribution < -0.4 is 5.32 Å². The van der Waals surface area contributed by atoms with E-state index in [1.165, 1.54) is 12.1 Å². The van der Waals surface area contributed by atoms with Crippen molar-refractivity contribution in [3.8, 4) is 5.69 Å². The summed E-state index contributed by atoms with van der Waals surface area (Å²) in [6, 6.07) is 6.33. The Bertz CT molecular complexity index is 875. The van der Waals surface area contributed by atoms with Gasteiger partial charge in [-0.1, -0.05) is 20.3 Å². The first kappa shape index (κ1) is 20.1. The Hall–Kier alpha value is -2.21. The summed E-state index contributed by atoms with van der Waals surface area (Å²) in [4.78, 5) is 13.0. The minimum absolute atomic E-state index is 0.00864. The van der Waals surface area contributed by atoms with Gasteiger partial charge >= 0.3 is 0 Å². The zero-order valence-corrected chi connectivity index (χ0v) is 17.5. The average Bonchev–Trinajstić information content (AvgIpc) is 3.11. The maximum atomic E-state index is 13.3. The van der Waals surface area contributed by atoms with E-state index < -0.39 is 0 Å². The van der Waals surface area contributed by atoms with Crippen molar-refractivity contribution in [2.75, 3.05) is 7.11 Å². The minimum atomic E-state index is -0.262. The second-order valence-corrected chi connectivity index (χ2v) is 9.26. The number of benzene rings is 1. The lowest BCUT2D eigenvalue weighted by Crippen LogP contribution is -2.41. The van der Waals surface area contributed by atoms with Crippen LogP contribution in [0.4, 0.5) is 4.39 Å². The molecule has 1 aromatic heterocycles. The highest BCUT2D eigenvalue weighted by molar-refractivity contribution is 5.79. The summed E-state index contributed by atoms with van der Waals surface area (Å²) in [6.45, 7) is 4.44. The quantitative estimate of drug-likeness (QED) is 0.832. The molecule has 1 aromatic carbocycles. The Morgan fingerprint density at radius 2 is 2.03 bits per heavy atom. The fraction of sp³-hybridized carbons (Fsp3) is 0.565. The van der Waals surface area contributed by atoms with E-state index in [-0.39, 0.29) is 35.2 Å². The van der Waals surface area contributed by atoms with E-state index in [1.54, 1.807) is 19.2 Å². The molecule has 1 saturated carbocycles. The number of hydrogen-bond donors (Lipinski definition) is 1. The Kier molecular flexibility index (Phi) is 5.47. The largest absolute Gasteiger partial charge is 0.381 e. The lowest BCUT2D eigenvalue weighted by molar-refractivity contribution is -0.128. The normalized spacial score (nSPS) is 26.0. The first-order valence-corrected chi connectivity index (χ1v) is 10.5. The molecule has 2 aliphatic carbocycles. The lowest BCUT2D eigenvalue weighted by atomic mass is 9.74. The molecule has 0 unspecified atom stereocenters. The van der Waals surface area contributed by atoms with Crippen molar-refractivity contribution < 1.29 is 13.9 Å². The Balaban J connectivity index is 1.58. The number of rotatable bonds is 4. The van der Waals surface area contributed by atoms with Gasteiger partial charge in [-0.3, -0.25) is 4.79 Å². The molecule has 2 aliphatic rings. The van der Waals surface area contributed by atoms with Crippen molar-refractivity contribution in [2.45, 2.75) is 64.5 Å². The average molecular weight is 400 g/mol. The fourth-order valence-electron chi connectivity index (χ4n) is 4.86. The second kappa shape index (κ2) is 7.90. The van der Waals surface area contributed by atoms with Gasteiger partial charge in [-0.15, -0.1) is 0 Å². The smallest absolute Gasteiger partial charge is 0.223 e. The van der Waals surface area contributed by atoms with Gasteiger partial charge in [0.1, 0.15) is 5.82 Å². The predicted octanol–water partition coefficient (Wildman–Crippen LogP) is 4.35. The van der Waals surface area contributed by atoms with E-state index in [1.807, 2.05) is 10.9 Å². The highest BCUT2D eigenvalue weighted by Gasteiger charge is 2.37. The zero-order chi connectivity index (χ0) is 20.6. The van der Waals surface area contributed by atoms with Gasteiger partial charge in [0, 0.05) is 18.6 Å². The van der Waals surface area contributed by atoms with Crippen LogP contribution in [0.25, 0.3) is 5.69 Å². The van der Waals surface area contributed by atoms with Gasteiger partial charge in [0.25, 0.3) is 0 Å². The first-order chi connectivity index (χ1) is 13.9. The van der Waals surface area contributed by atoms with Crippen molar-refractivity contribution in [2.24, 2.45) is 11.3 Å². The summed E-state index contributed by atoms with van der Waals surface area (Å²) < 4.78 is 20.7. The van der Waals surface area contributed by atoms with Gasteiger partial charge in [-0.25, -0.2) is 9.07 Å². The third-order valence-corrected chi connectivity index (χ3v) is 6.40. The van der Waals surface area contributed by atoms with Crippen LogP contribution in [0.2, 0.25) is 0 Å². The van der Waals surface area contributed by atoms with Crippen molar-refractivity contribution in [3.05, 3.63) is 47.5 Å². The van der Waals surface area contributed by atoms with Crippen LogP contribution in [0.5, 0.6) is 0 Å². The third kappa shape index (κ3) is 4.22. The van der Waals surface area contributed by atoms with Crippen LogP contribution in [0.1, 0.15) is 63.3 Å². The molecule has 0 radical (unpaired) electrons. The van der Waals surface area contributed by atoms with Gasteiger partial charge in [-0.05, 0) is 61.8 Å². The van der Waals surface area contributed by atoms with Gasteiger partial charge in [0.2, 0.25) is 5.91 Å². The van der Waals surface area contributed by atoms with Crippen molar-refractivity contribution in [3.63, 3.8) is 0 Å². The van der Waals surface area contributed by atoms with Crippen molar-refractivity contribution in [1.29, 1.82) is 0 Å². The molecule has 3 atom stereocenters. The van der Waals surface area contributed by atoms with E-state index >= 15 is 0 Å². The molecule has 2 aromatic rings. The summed E-state index contributed by atoms with van der Waals surface area (Å²) in [5.41, 5.74) is 3.04. The maximum absolute atomic E-state index is 13.3. The SMILES string of the molecule is CO[C@@H]1CCC[C@@H](C(=O)N[C@H]2CC(C)(C)Cc3c2cnn3-c2ccc(F)cc2)C1. The van der Waals surface area contributed by atoms with Gasteiger partial charge in [-0.2, -0.15) is 5.10 Å². The van der Waals surface area contributed by atoms with Gasteiger partial charge in [0.15, 0.2) is 0 Å². The van der Waals surface area contributed by atoms with E-state index in [4.69, 9.17) is 4.74 Å². The molecule has 1 heterocycles. The van der Waals surface area contributed by atoms with Crippen molar-refractivity contribution in [1.82, 2.24) is 15.1 Å². The molecule has 4 rings (SSSR count). The van der Waals surface area contributed by atoms with Gasteiger partial charge in [0.05, 0.1) is 29.7 Å². The number of nitrogens with one attached hydrogen (secondary N) is 1. The second-order valence-electron chi connectivity index (χ2n) is 9.26. The summed E-state index contributed by atoms with van der Waals surface area (Å²) in [5.74, 6) is -0.133. The zero-order valence-electron chi connectivity index (χ0n) is 17.5. The minimum Gasteiger partial charge on any atom is -0.381 e. The third-order valence-electron chi connectivity index (χ3n) is 6.40. The highest BCUT2D eigenvalue weighted by Crippen LogP contribution is 2.41. The van der Waals surface area contributed by atoms with Crippen LogP contribution in [-0.2, 0) is 16.0 Å². The lowest BCUT2D eigenvalue weighted by Gasteiger charge is -2.37. The number of aromatic nitrogens is 2. The number of amides is 1. The number of halogens is 1. The number of carbonyl (C=O) groups excluding carboxylic acids is 1. The summed E-state index contributed by atoms with van der Waals surface area (Å²) in [5, 5.41) is 7.89. The molecule has 0 spiro atoms. The topological polar surface area (TPSA) is 56.1 Å². The standard InChI is InChI=1S/C23H30FN3O2/c1-23(2)12-20(26-22(28)15-5-4-6-18(11-15)29-3)19-14-25-27(21(19)13-23)17-9-7-16(24)8-10-17/h7-10,14-15,18,20H,4-6,11-13H2,1-3H3,(H,26,28)/t15-,18-,20+/m1/s1. The summed E-state index contributed by atoms with van der Waals surface area (Å²) >= 11 is 0. The molecule has 0 aliphatic heterocycles. The van der Waals surface area contributed by atoms with Crippen molar-refractivity contribution >= 4 is 5.91 Å². The molecule has 1 N–H and O–H groups in total. The van der Waals surface area contributed by atoms with Crippen LogP contribution >= 0.6 is 0 Å². The van der Waals surface area contributed by atoms with Gasteiger partial charge < -0.3 is 10.1 Å². The molecule has 0 bridgehead atoms.